The molecule has 1 rings (SSSR count). The van der Waals surface area contributed by atoms with E-state index in [1.165, 1.54) is 7.11 Å². The minimum Gasteiger partial charge on any atom is -0.463 e. The molecule has 0 saturated heterocycles. The van der Waals surface area contributed by atoms with Crippen LogP contribution in [0.25, 0.3) is 0 Å². The predicted octanol–water partition coefficient (Wildman–Crippen LogP) is 0.497. The van der Waals surface area contributed by atoms with Gasteiger partial charge in [-0.3, -0.25) is 4.79 Å². The molecule has 0 aliphatic heterocycles. The summed E-state index contributed by atoms with van der Waals surface area (Å²) in [4.78, 5) is 12.8. The summed E-state index contributed by atoms with van der Waals surface area (Å²) in [5.41, 5.74) is -0.503. The molecule has 0 amide bonds. The van der Waals surface area contributed by atoms with Crippen molar-refractivity contribution in [3.63, 3.8) is 0 Å². The largest absolute Gasteiger partial charge is 0.463 e. The van der Waals surface area contributed by atoms with Gasteiger partial charge < -0.3 is 14.5 Å². The molecule has 12 heavy (non-hydrogen) atoms. The van der Waals surface area contributed by atoms with Gasteiger partial charge >= 0.3 is 0 Å². The average Bonchev–Trinajstić information content (AvgIpc) is 2.03. The first-order chi connectivity index (χ1) is 5.74. The Balaban J connectivity index is 2.79. The lowest BCUT2D eigenvalue weighted by Crippen LogP contribution is -2.07. The minimum atomic E-state index is -0.698. The van der Waals surface area contributed by atoms with Crippen molar-refractivity contribution in [3.8, 4) is 5.75 Å². The predicted molar refractivity (Wildman–Crippen MR) is 39.5 cm³/mol. The maximum Gasteiger partial charge on any atom is 0.251 e. The summed E-state index contributed by atoms with van der Waals surface area (Å²) >= 11 is 0. The lowest BCUT2D eigenvalue weighted by Gasteiger charge is -2.03. The Kier molecular flexibility index (Phi) is 2.82. The van der Waals surface area contributed by atoms with Crippen molar-refractivity contribution in [3.05, 3.63) is 28.4 Å². The summed E-state index contributed by atoms with van der Waals surface area (Å²) in [6.45, 7) is -0.0526. The number of rotatable bonds is 3. The molecule has 0 saturated carbocycles. The highest BCUT2D eigenvalue weighted by molar-refractivity contribution is 5.18. The van der Waals surface area contributed by atoms with Crippen molar-refractivity contribution in [1.82, 2.24) is 4.98 Å². The Morgan fingerprint density at radius 2 is 2.42 bits per heavy atom. The third kappa shape index (κ3) is 2.06. The molecule has 0 spiro atoms. The van der Waals surface area contributed by atoms with E-state index in [1.54, 1.807) is 0 Å². The third-order valence-electron chi connectivity index (χ3n) is 1.17. The van der Waals surface area contributed by atoms with Crippen molar-refractivity contribution in [2.24, 2.45) is 0 Å². The third-order valence-corrected chi connectivity index (χ3v) is 1.17. The Morgan fingerprint density at radius 3 is 3.00 bits per heavy atom. The number of aromatic nitrogens is 1. The number of methoxy groups -OCH3 is 1. The molecule has 0 bridgehead atoms. The number of pyridine rings is 1. The number of hydrogen-bond acceptors (Lipinski definition) is 3. The van der Waals surface area contributed by atoms with E-state index in [0.29, 0.717) is 0 Å². The average molecular weight is 173 g/mol. The van der Waals surface area contributed by atoms with Crippen LogP contribution in [0.3, 0.4) is 0 Å². The lowest BCUT2D eigenvalue weighted by molar-refractivity contribution is 0.0479. The van der Waals surface area contributed by atoms with E-state index >= 15 is 0 Å². The molecule has 1 N–H and O–H groups in total. The van der Waals surface area contributed by atoms with Crippen LogP contribution in [0.4, 0.5) is 4.39 Å². The monoisotopic (exact) mass is 173 g/mol. The van der Waals surface area contributed by atoms with Gasteiger partial charge in [-0.25, -0.2) is 4.39 Å². The Hall–Kier alpha value is -1.36. The Bertz CT molecular complexity index is 310. The van der Waals surface area contributed by atoms with Gasteiger partial charge in [0.2, 0.25) is 0 Å². The molecule has 5 heteroatoms. The molecule has 0 aliphatic rings. The first-order valence-corrected chi connectivity index (χ1v) is 3.24. The van der Waals surface area contributed by atoms with Gasteiger partial charge in [-0.1, -0.05) is 0 Å². The zero-order valence-corrected chi connectivity index (χ0v) is 6.46. The van der Waals surface area contributed by atoms with Gasteiger partial charge in [0.15, 0.2) is 18.4 Å². The van der Waals surface area contributed by atoms with Crippen LogP contribution in [0.1, 0.15) is 0 Å². The second-order valence-corrected chi connectivity index (χ2v) is 2.06. The van der Waals surface area contributed by atoms with Crippen LogP contribution in [0, 0.1) is 5.82 Å². The van der Waals surface area contributed by atoms with Gasteiger partial charge in [0.1, 0.15) is 0 Å². The minimum absolute atomic E-state index is 0.0311. The van der Waals surface area contributed by atoms with Gasteiger partial charge in [0, 0.05) is 19.4 Å². The van der Waals surface area contributed by atoms with Crippen molar-refractivity contribution in [2.75, 3.05) is 13.9 Å². The number of nitrogens with one attached hydrogen (secondary N) is 1. The molecule has 1 heterocycles. The van der Waals surface area contributed by atoms with Crippen LogP contribution in [0.5, 0.6) is 5.75 Å². The quantitative estimate of drug-likeness (QED) is 0.677. The van der Waals surface area contributed by atoms with Gasteiger partial charge in [-0.15, -0.1) is 0 Å². The molecule has 0 aromatic carbocycles. The van der Waals surface area contributed by atoms with Gasteiger partial charge in [0.05, 0.1) is 0 Å². The highest BCUT2D eigenvalue weighted by Crippen LogP contribution is 2.11. The molecule has 1 aromatic rings. The molecule has 0 atom stereocenters. The maximum absolute atomic E-state index is 12.8. The van der Waals surface area contributed by atoms with Crippen molar-refractivity contribution in [1.29, 1.82) is 0 Å². The summed E-state index contributed by atoms with van der Waals surface area (Å²) in [7, 11) is 1.42. The normalized spacial score (nSPS) is 9.83. The molecule has 66 valence electrons. The van der Waals surface area contributed by atoms with E-state index in [0.717, 1.165) is 12.3 Å². The summed E-state index contributed by atoms with van der Waals surface area (Å²) in [6.07, 6.45) is 1.15. The Labute approximate surface area is 67.9 Å². The molecular weight excluding hydrogens is 165 g/mol. The van der Waals surface area contributed by atoms with Crippen LogP contribution in [0.2, 0.25) is 0 Å². The fourth-order valence-electron chi connectivity index (χ4n) is 0.667. The standard InChI is InChI=1S/C7H8FNO3/c1-11-4-12-6-3-9-7(10)2-5(6)8/h2-3H,4H2,1H3,(H,9,10). The van der Waals surface area contributed by atoms with E-state index < -0.39 is 11.4 Å². The number of hydrogen-bond donors (Lipinski definition) is 1. The highest BCUT2D eigenvalue weighted by Gasteiger charge is 2.02. The first-order valence-electron chi connectivity index (χ1n) is 3.24. The summed E-state index contributed by atoms with van der Waals surface area (Å²) in [5, 5.41) is 0. The molecule has 0 aliphatic carbocycles. The topological polar surface area (TPSA) is 51.3 Å². The van der Waals surface area contributed by atoms with Crippen LogP contribution in [0.15, 0.2) is 17.1 Å². The number of halogens is 1. The van der Waals surface area contributed by atoms with Crippen LogP contribution in [-0.2, 0) is 4.74 Å². The molecule has 1 aromatic heterocycles. The second kappa shape index (κ2) is 3.87. The van der Waals surface area contributed by atoms with Crippen LogP contribution < -0.4 is 10.3 Å². The highest BCUT2D eigenvalue weighted by atomic mass is 19.1. The van der Waals surface area contributed by atoms with Crippen molar-refractivity contribution < 1.29 is 13.9 Å². The van der Waals surface area contributed by atoms with E-state index in [4.69, 9.17) is 4.74 Å². The smallest absolute Gasteiger partial charge is 0.251 e. The van der Waals surface area contributed by atoms with Crippen molar-refractivity contribution in [2.45, 2.75) is 0 Å². The van der Waals surface area contributed by atoms with E-state index in [1.807, 2.05) is 0 Å². The van der Waals surface area contributed by atoms with Gasteiger partial charge in [-0.05, 0) is 0 Å². The van der Waals surface area contributed by atoms with E-state index in [-0.39, 0.29) is 12.5 Å². The SMILES string of the molecule is COCOc1c[nH]c(=O)cc1F. The lowest BCUT2D eigenvalue weighted by atomic mass is 10.4. The fraction of sp³-hybridized carbons (Fsp3) is 0.286. The van der Waals surface area contributed by atoms with E-state index in [9.17, 15) is 9.18 Å². The summed E-state index contributed by atoms with van der Waals surface area (Å²) in [5.74, 6) is -0.729. The van der Waals surface area contributed by atoms with Crippen LogP contribution >= 0.6 is 0 Å². The first kappa shape index (κ1) is 8.73. The van der Waals surface area contributed by atoms with Crippen LogP contribution in [-0.4, -0.2) is 18.9 Å². The molecule has 0 unspecified atom stereocenters. The molecular formula is C7H8FNO3. The number of ether oxygens (including phenoxy) is 2. The number of aromatic amines is 1. The fourth-order valence-corrected chi connectivity index (χ4v) is 0.667. The number of H-pyrrole nitrogens is 1. The van der Waals surface area contributed by atoms with E-state index in [2.05, 4.69) is 9.72 Å². The molecule has 4 nitrogen and oxygen atoms in total. The summed E-state index contributed by atoms with van der Waals surface area (Å²) in [6, 6.07) is 0.811. The van der Waals surface area contributed by atoms with Gasteiger partial charge in [-0.2, -0.15) is 0 Å². The zero-order chi connectivity index (χ0) is 8.97. The van der Waals surface area contributed by atoms with Crippen molar-refractivity contribution >= 4 is 0 Å². The maximum atomic E-state index is 12.8. The van der Waals surface area contributed by atoms with Gasteiger partial charge in [0.25, 0.3) is 5.56 Å². The summed E-state index contributed by atoms with van der Waals surface area (Å²) < 4.78 is 22.1. The second-order valence-electron chi connectivity index (χ2n) is 2.06. The molecule has 0 fully saturated rings. The Morgan fingerprint density at radius 1 is 1.67 bits per heavy atom. The zero-order valence-electron chi connectivity index (χ0n) is 6.46. The molecule has 0 radical (unpaired) electrons.